The van der Waals surface area contributed by atoms with Crippen LogP contribution < -0.4 is 0 Å². The van der Waals surface area contributed by atoms with Crippen molar-refractivity contribution in [2.75, 3.05) is 13.1 Å². The maximum atomic E-state index is 2.55. The molecule has 1 saturated heterocycles. The van der Waals surface area contributed by atoms with Gasteiger partial charge in [-0.15, -0.1) is 0 Å². The first kappa shape index (κ1) is 7.79. The monoisotopic (exact) mass is 239 g/mol. The van der Waals surface area contributed by atoms with Crippen LogP contribution in [0.5, 0.6) is 0 Å². The van der Waals surface area contributed by atoms with Gasteiger partial charge in [-0.3, -0.25) is 4.90 Å². The van der Waals surface area contributed by atoms with Crippen LogP contribution in [0, 0.1) is 0 Å². The van der Waals surface area contributed by atoms with Gasteiger partial charge in [0, 0.05) is 0 Å². The van der Waals surface area contributed by atoms with Gasteiger partial charge in [0.1, 0.15) is 0 Å². The molecule has 0 spiro atoms. The van der Waals surface area contributed by atoms with Gasteiger partial charge in [-0.05, 0) is 32.9 Å². The Hall–Kier alpha value is 0.690. The fourth-order valence-corrected chi connectivity index (χ4v) is 2.44. The first-order chi connectivity index (χ1) is 4.17. The van der Waals surface area contributed by atoms with Crippen molar-refractivity contribution >= 4 is 22.6 Å². The topological polar surface area (TPSA) is 3.24 Å². The average Bonchev–Trinajstić information content (AvgIpc) is 2.08. The van der Waals surface area contributed by atoms with Crippen molar-refractivity contribution in [1.82, 2.24) is 4.90 Å². The van der Waals surface area contributed by atoms with Crippen molar-refractivity contribution in [2.45, 2.75) is 30.2 Å². The summed E-state index contributed by atoms with van der Waals surface area (Å²) in [5, 5.41) is 0. The van der Waals surface area contributed by atoms with Gasteiger partial charge in [-0.1, -0.05) is 29.5 Å². The standard InChI is InChI=1S/C7H14IN/c1-3-9-6-4-5-7(9,2)8/h3-6H2,1-2H3. The fourth-order valence-electron chi connectivity index (χ4n) is 1.47. The summed E-state index contributed by atoms with van der Waals surface area (Å²) in [5.41, 5.74) is 0. The van der Waals surface area contributed by atoms with E-state index in [-0.39, 0.29) is 0 Å². The molecule has 1 unspecified atom stereocenters. The first-order valence-corrected chi connectivity index (χ1v) is 4.68. The molecule has 1 heterocycles. The van der Waals surface area contributed by atoms with E-state index in [9.17, 15) is 0 Å². The molecule has 1 atom stereocenters. The Bertz CT molecular complexity index is 101. The van der Waals surface area contributed by atoms with Crippen LogP contribution in [0.3, 0.4) is 0 Å². The third-order valence-electron chi connectivity index (χ3n) is 2.10. The van der Waals surface area contributed by atoms with Crippen LogP contribution >= 0.6 is 22.6 Å². The normalized spacial score (nSPS) is 37.7. The first-order valence-electron chi connectivity index (χ1n) is 3.61. The fraction of sp³-hybridized carbons (Fsp3) is 1.00. The summed E-state index contributed by atoms with van der Waals surface area (Å²) >= 11 is 2.55. The van der Waals surface area contributed by atoms with Crippen LogP contribution in [0.15, 0.2) is 0 Å². The lowest BCUT2D eigenvalue weighted by molar-refractivity contribution is 0.269. The number of hydrogen-bond acceptors (Lipinski definition) is 1. The highest BCUT2D eigenvalue weighted by molar-refractivity contribution is 14.1. The van der Waals surface area contributed by atoms with Crippen LogP contribution in [0.1, 0.15) is 26.7 Å². The smallest absolute Gasteiger partial charge is 0.0702 e. The van der Waals surface area contributed by atoms with E-state index in [0.29, 0.717) is 3.55 Å². The Morgan fingerprint density at radius 1 is 1.67 bits per heavy atom. The van der Waals surface area contributed by atoms with Crippen LogP contribution in [0.2, 0.25) is 0 Å². The minimum atomic E-state index is 0.465. The highest BCUT2D eigenvalue weighted by Crippen LogP contribution is 2.34. The van der Waals surface area contributed by atoms with Crippen LogP contribution in [-0.4, -0.2) is 21.5 Å². The summed E-state index contributed by atoms with van der Waals surface area (Å²) in [6.07, 6.45) is 2.74. The van der Waals surface area contributed by atoms with Crippen molar-refractivity contribution in [3.63, 3.8) is 0 Å². The van der Waals surface area contributed by atoms with Gasteiger partial charge in [0.25, 0.3) is 0 Å². The number of halogens is 1. The third-order valence-corrected chi connectivity index (χ3v) is 3.32. The summed E-state index contributed by atoms with van der Waals surface area (Å²) in [5.74, 6) is 0. The van der Waals surface area contributed by atoms with Gasteiger partial charge < -0.3 is 0 Å². The lowest BCUT2D eigenvalue weighted by atomic mass is 10.2. The second-order valence-electron chi connectivity index (χ2n) is 2.83. The van der Waals surface area contributed by atoms with E-state index >= 15 is 0 Å². The van der Waals surface area contributed by atoms with Crippen molar-refractivity contribution in [3.05, 3.63) is 0 Å². The number of nitrogens with zero attached hydrogens (tertiary/aromatic N) is 1. The molecule has 0 bridgehead atoms. The molecule has 1 fully saturated rings. The predicted octanol–water partition coefficient (Wildman–Crippen LogP) is 2.25. The summed E-state index contributed by atoms with van der Waals surface area (Å²) in [4.78, 5) is 2.54. The third kappa shape index (κ3) is 1.58. The molecule has 1 nitrogen and oxygen atoms in total. The van der Waals surface area contributed by atoms with E-state index in [2.05, 4.69) is 41.3 Å². The largest absolute Gasteiger partial charge is 0.290 e. The quantitative estimate of drug-likeness (QED) is 0.385. The molecule has 0 aromatic heterocycles. The minimum absolute atomic E-state index is 0.465. The lowest BCUT2D eigenvalue weighted by Gasteiger charge is -2.27. The number of alkyl halides is 1. The second kappa shape index (κ2) is 2.74. The summed E-state index contributed by atoms with van der Waals surface area (Å²) in [6, 6.07) is 0. The highest BCUT2D eigenvalue weighted by atomic mass is 127. The zero-order valence-corrected chi connectivity index (χ0v) is 8.31. The highest BCUT2D eigenvalue weighted by Gasteiger charge is 2.31. The molecule has 1 aliphatic heterocycles. The summed E-state index contributed by atoms with van der Waals surface area (Å²) in [6.45, 7) is 7.07. The van der Waals surface area contributed by atoms with E-state index in [0.717, 1.165) is 0 Å². The van der Waals surface area contributed by atoms with E-state index < -0.39 is 0 Å². The van der Waals surface area contributed by atoms with Crippen molar-refractivity contribution < 1.29 is 0 Å². The number of likely N-dealkylation sites (tertiary alicyclic amines) is 1. The molecule has 0 saturated carbocycles. The van der Waals surface area contributed by atoms with E-state index in [4.69, 9.17) is 0 Å². The van der Waals surface area contributed by atoms with Crippen LogP contribution in [-0.2, 0) is 0 Å². The molecule has 0 aliphatic carbocycles. The average molecular weight is 239 g/mol. The Kier molecular flexibility index (Phi) is 2.37. The zero-order valence-electron chi connectivity index (χ0n) is 6.15. The second-order valence-corrected chi connectivity index (χ2v) is 5.15. The number of hydrogen-bond donors (Lipinski definition) is 0. The molecule has 0 amide bonds. The predicted molar refractivity (Wildman–Crippen MR) is 48.9 cm³/mol. The molecule has 0 N–H and O–H groups in total. The Labute approximate surface area is 70.9 Å². The van der Waals surface area contributed by atoms with Gasteiger partial charge in [-0.2, -0.15) is 0 Å². The molecule has 1 aliphatic rings. The maximum Gasteiger partial charge on any atom is 0.0702 e. The number of rotatable bonds is 1. The van der Waals surface area contributed by atoms with Gasteiger partial charge in [0.05, 0.1) is 3.55 Å². The lowest BCUT2D eigenvalue weighted by Crippen LogP contribution is -2.34. The Morgan fingerprint density at radius 3 is 2.56 bits per heavy atom. The SMILES string of the molecule is CCN1CCCC1(C)I. The molecule has 2 heteroatoms. The van der Waals surface area contributed by atoms with Gasteiger partial charge >= 0.3 is 0 Å². The Balaban J connectivity index is 2.52. The Morgan fingerprint density at radius 2 is 2.33 bits per heavy atom. The molecule has 0 aromatic carbocycles. The maximum absolute atomic E-state index is 2.55. The van der Waals surface area contributed by atoms with Gasteiger partial charge in [0.2, 0.25) is 0 Å². The molecule has 0 aromatic rings. The molecule has 9 heavy (non-hydrogen) atoms. The van der Waals surface area contributed by atoms with Gasteiger partial charge in [0.15, 0.2) is 0 Å². The van der Waals surface area contributed by atoms with Crippen molar-refractivity contribution in [2.24, 2.45) is 0 Å². The van der Waals surface area contributed by atoms with Crippen LogP contribution in [0.4, 0.5) is 0 Å². The van der Waals surface area contributed by atoms with Crippen LogP contribution in [0.25, 0.3) is 0 Å². The summed E-state index contributed by atoms with van der Waals surface area (Å²) in [7, 11) is 0. The molecule has 54 valence electrons. The zero-order chi connectivity index (χ0) is 6.91. The molecular formula is C7H14IN. The van der Waals surface area contributed by atoms with Crippen molar-refractivity contribution in [3.8, 4) is 0 Å². The summed E-state index contributed by atoms with van der Waals surface area (Å²) < 4.78 is 0.465. The van der Waals surface area contributed by atoms with Crippen molar-refractivity contribution in [1.29, 1.82) is 0 Å². The van der Waals surface area contributed by atoms with E-state index in [1.807, 2.05) is 0 Å². The molecule has 1 rings (SSSR count). The van der Waals surface area contributed by atoms with E-state index in [1.54, 1.807) is 0 Å². The van der Waals surface area contributed by atoms with Gasteiger partial charge in [-0.25, -0.2) is 0 Å². The molecular weight excluding hydrogens is 225 g/mol. The van der Waals surface area contributed by atoms with E-state index in [1.165, 1.54) is 25.9 Å². The molecule has 0 radical (unpaired) electrons. The minimum Gasteiger partial charge on any atom is -0.290 e.